The van der Waals surface area contributed by atoms with Crippen LogP contribution < -0.4 is 10.2 Å². The van der Waals surface area contributed by atoms with E-state index < -0.39 is 5.41 Å². The van der Waals surface area contributed by atoms with Crippen LogP contribution in [0.4, 0.5) is 10.2 Å². The van der Waals surface area contributed by atoms with E-state index in [2.05, 4.69) is 20.2 Å². The summed E-state index contributed by atoms with van der Waals surface area (Å²) >= 11 is 0. The standard InChI is InChI=1S/C19H23FN4O/c1-14-21-10-8-17(23-14)24-11-5-9-19(2,13-24)18(25)22-12-15-6-3-4-7-16(15)20/h3-4,6-8,10H,5,9,11-13H2,1-2H3,(H,22,25)/t19-/m0/s1. The Hall–Kier alpha value is -2.50. The first-order chi connectivity index (χ1) is 12.0. The summed E-state index contributed by atoms with van der Waals surface area (Å²) in [5.41, 5.74) is -0.0268. The number of halogens is 1. The third-order valence-electron chi connectivity index (χ3n) is 4.73. The van der Waals surface area contributed by atoms with E-state index in [1.54, 1.807) is 24.4 Å². The molecule has 25 heavy (non-hydrogen) atoms. The number of amides is 1. The van der Waals surface area contributed by atoms with Crippen molar-refractivity contribution in [3.63, 3.8) is 0 Å². The Morgan fingerprint density at radius 1 is 1.36 bits per heavy atom. The predicted octanol–water partition coefficient (Wildman–Crippen LogP) is 2.85. The van der Waals surface area contributed by atoms with Crippen LogP contribution in [-0.2, 0) is 11.3 Å². The summed E-state index contributed by atoms with van der Waals surface area (Å²) < 4.78 is 13.7. The topological polar surface area (TPSA) is 58.1 Å². The van der Waals surface area contributed by atoms with Crippen LogP contribution in [0.2, 0.25) is 0 Å². The zero-order valence-corrected chi connectivity index (χ0v) is 14.6. The smallest absolute Gasteiger partial charge is 0.227 e. The van der Waals surface area contributed by atoms with Crippen molar-refractivity contribution in [3.05, 3.63) is 53.7 Å². The molecule has 1 amide bonds. The molecule has 132 valence electrons. The molecule has 5 nitrogen and oxygen atoms in total. The SMILES string of the molecule is Cc1nccc(N2CCC[C@](C)(C(=O)NCc3ccccc3F)C2)n1. The van der Waals surface area contributed by atoms with Gasteiger partial charge in [-0.2, -0.15) is 0 Å². The van der Waals surface area contributed by atoms with Crippen molar-refractivity contribution in [2.75, 3.05) is 18.0 Å². The zero-order valence-electron chi connectivity index (χ0n) is 14.6. The van der Waals surface area contributed by atoms with Crippen molar-refractivity contribution < 1.29 is 9.18 Å². The Morgan fingerprint density at radius 2 is 2.16 bits per heavy atom. The second-order valence-corrected chi connectivity index (χ2v) is 6.82. The monoisotopic (exact) mass is 342 g/mol. The van der Waals surface area contributed by atoms with Crippen molar-refractivity contribution in [1.82, 2.24) is 15.3 Å². The van der Waals surface area contributed by atoms with Gasteiger partial charge in [0.25, 0.3) is 0 Å². The molecular formula is C19H23FN4O. The number of carbonyl (C=O) groups excluding carboxylic acids is 1. The predicted molar refractivity (Wildman–Crippen MR) is 94.6 cm³/mol. The second kappa shape index (κ2) is 7.17. The maximum atomic E-state index is 13.7. The van der Waals surface area contributed by atoms with Crippen LogP contribution in [-0.4, -0.2) is 29.0 Å². The quantitative estimate of drug-likeness (QED) is 0.928. The van der Waals surface area contributed by atoms with Crippen LogP contribution in [0, 0.1) is 18.2 Å². The zero-order chi connectivity index (χ0) is 17.9. The average molecular weight is 342 g/mol. The van der Waals surface area contributed by atoms with Gasteiger partial charge >= 0.3 is 0 Å². The number of aromatic nitrogens is 2. The summed E-state index contributed by atoms with van der Waals surface area (Å²) in [6.07, 6.45) is 3.45. The first kappa shape index (κ1) is 17.3. The van der Waals surface area contributed by atoms with E-state index in [-0.39, 0.29) is 18.3 Å². The van der Waals surface area contributed by atoms with E-state index in [1.165, 1.54) is 6.07 Å². The molecule has 0 aliphatic carbocycles. The lowest BCUT2D eigenvalue weighted by molar-refractivity contribution is -0.130. The summed E-state index contributed by atoms with van der Waals surface area (Å²) in [5.74, 6) is 1.22. The number of hydrogen-bond donors (Lipinski definition) is 1. The van der Waals surface area contributed by atoms with Crippen molar-refractivity contribution in [3.8, 4) is 0 Å². The molecule has 6 heteroatoms. The number of carbonyl (C=O) groups is 1. The maximum Gasteiger partial charge on any atom is 0.227 e. The Kier molecular flexibility index (Phi) is 4.97. The lowest BCUT2D eigenvalue weighted by atomic mass is 9.81. The molecule has 1 atom stereocenters. The highest BCUT2D eigenvalue weighted by Crippen LogP contribution is 2.32. The molecule has 1 aromatic heterocycles. The molecule has 0 radical (unpaired) electrons. The number of nitrogens with zero attached hydrogens (tertiary/aromatic N) is 3. The van der Waals surface area contributed by atoms with Gasteiger partial charge in [-0.15, -0.1) is 0 Å². The first-order valence-corrected chi connectivity index (χ1v) is 8.54. The molecule has 1 aliphatic heterocycles. The minimum Gasteiger partial charge on any atom is -0.355 e. The minimum atomic E-state index is -0.525. The first-order valence-electron chi connectivity index (χ1n) is 8.54. The lowest BCUT2D eigenvalue weighted by Crippen LogP contribution is -2.50. The van der Waals surface area contributed by atoms with Gasteiger partial charge in [-0.3, -0.25) is 4.79 Å². The van der Waals surface area contributed by atoms with Gasteiger partial charge in [-0.25, -0.2) is 14.4 Å². The number of nitrogens with one attached hydrogen (secondary N) is 1. The largest absolute Gasteiger partial charge is 0.355 e. The molecule has 3 rings (SSSR count). The van der Waals surface area contributed by atoms with Crippen LogP contribution in [0.5, 0.6) is 0 Å². The van der Waals surface area contributed by atoms with Gasteiger partial charge in [0, 0.05) is 31.4 Å². The van der Waals surface area contributed by atoms with Gasteiger partial charge in [0.2, 0.25) is 5.91 Å². The third kappa shape index (κ3) is 3.95. The summed E-state index contributed by atoms with van der Waals surface area (Å²) in [6, 6.07) is 8.38. The summed E-state index contributed by atoms with van der Waals surface area (Å²) in [4.78, 5) is 23.5. The second-order valence-electron chi connectivity index (χ2n) is 6.82. The number of hydrogen-bond acceptors (Lipinski definition) is 4. The molecule has 2 heterocycles. The molecule has 2 aromatic rings. The number of benzene rings is 1. The minimum absolute atomic E-state index is 0.0498. The molecule has 0 bridgehead atoms. The fraction of sp³-hybridized carbons (Fsp3) is 0.421. The normalized spacial score (nSPS) is 20.4. The van der Waals surface area contributed by atoms with Gasteiger partial charge < -0.3 is 10.2 Å². The van der Waals surface area contributed by atoms with E-state index in [4.69, 9.17) is 0 Å². The highest BCUT2D eigenvalue weighted by Gasteiger charge is 2.38. The highest BCUT2D eigenvalue weighted by atomic mass is 19.1. The van der Waals surface area contributed by atoms with E-state index in [0.717, 1.165) is 25.2 Å². The van der Waals surface area contributed by atoms with Crippen LogP contribution in [0.15, 0.2) is 36.5 Å². The molecule has 1 fully saturated rings. The van der Waals surface area contributed by atoms with Crippen molar-refractivity contribution in [2.24, 2.45) is 5.41 Å². The Labute approximate surface area is 147 Å². The molecule has 0 spiro atoms. The summed E-state index contributed by atoms with van der Waals surface area (Å²) in [5, 5.41) is 2.90. The van der Waals surface area contributed by atoms with Gasteiger partial charge in [0.1, 0.15) is 17.5 Å². The highest BCUT2D eigenvalue weighted by molar-refractivity contribution is 5.83. The number of rotatable bonds is 4. The van der Waals surface area contributed by atoms with Gasteiger partial charge in [0.05, 0.1) is 5.41 Å². The van der Waals surface area contributed by atoms with Crippen LogP contribution in [0.3, 0.4) is 0 Å². The third-order valence-corrected chi connectivity index (χ3v) is 4.73. The number of piperidine rings is 1. The number of anilines is 1. The molecule has 0 unspecified atom stereocenters. The molecule has 1 saturated heterocycles. The van der Waals surface area contributed by atoms with Crippen LogP contribution in [0.1, 0.15) is 31.2 Å². The van der Waals surface area contributed by atoms with E-state index in [0.29, 0.717) is 17.9 Å². The molecular weight excluding hydrogens is 319 g/mol. The molecule has 1 aromatic carbocycles. The lowest BCUT2D eigenvalue weighted by Gasteiger charge is -2.40. The molecule has 1 aliphatic rings. The van der Waals surface area contributed by atoms with E-state index in [1.807, 2.05) is 19.9 Å². The fourth-order valence-electron chi connectivity index (χ4n) is 3.27. The Balaban J connectivity index is 1.67. The van der Waals surface area contributed by atoms with E-state index >= 15 is 0 Å². The maximum absolute atomic E-state index is 13.7. The van der Waals surface area contributed by atoms with Crippen molar-refractivity contribution >= 4 is 11.7 Å². The van der Waals surface area contributed by atoms with E-state index in [9.17, 15) is 9.18 Å². The van der Waals surface area contributed by atoms with Crippen molar-refractivity contribution in [1.29, 1.82) is 0 Å². The Morgan fingerprint density at radius 3 is 2.92 bits per heavy atom. The van der Waals surface area contributed by atoms with Gasteiger partial charge in [0.15, 0.2) is 0 Å². The Bertz CT molecular complexity index is 767. The summed E-state index contributed by atoms with van der Waals surface area (Å²) in [7, 11) is 0. The summed E-state index contributed by atoms with van der Waals surface area (Å²) in [6.45, 7) is 5.48. The number of aryl methyl sites for hydroxylation is 1. The average Bonchev–Trinajstić information content (AvgIpc) is 2.61. The van der Waals surface area contributed by atoms with Crippen molar-refractivity contribution in [2.45, 2.75) is 33.2 Å². The fourth-order valence-corrected chi connectivity index (χ4v) is 3.27. The van der Waals surface area contributed by atoms with Gasteiger partial charge in [-0.05, 0) is 38.8 Å². The van der Waals surface area contributed by atoms with Crippen LogP contribution in [0.25, 0.3) is 0 Å². The van der Waals surface area contributed by atoms with Crippen LogP contribution >= 0.6 is 0 Å². The molecule has 0 saturated carbocycles. The van der Waals surface area contributed by atoms with Gasteiger partial charge in [-0.1, -0.05) is 18.2 Å². The molecule has 1 N–H and O–H groups in total.